The zero-order chi connectivity index (χ0) is 101. The van der Waals surface area contributed by atoms with Crippen LogP contribution < -0.4 is 0 Å². The summed E-state index contributed by atoms with van der Waals surface area (Å²) >= 11 is 0. The van der Waals surface area contributed by atoms with Crippen LogP contribution in [0.4, 0.5) is 0 Å². The SMILES string of the molecule is CC.CC.CCN(C)C.CCN(C)C.CCN(C)C.CCN(C)C.CCN(C)C.Cn1c2cc3ccccc3cc2c2c3ccccc3c3ccccc3c21.Cn1c2cc3ccccc3cc2c2ccc3ccccc3c21.Cn1c2ccc3ccccc3c2c2c3ccccc3ccc21.Cn1c2ccccc2c2c3ccccc3c3ccccc3c21.Cn1c2ccccc2c2ccc3c4ccccc4ccc3c21. The summed E-state index contributed by atoms with van der Waals surface area (Å²) in [5, 5.41) is 42.5. The number of rotatable bonds is 5. The van der Waals surface area contributed by atoms with Crippen LogP contribution in [0.3, 0.4) is 0 Å². The van der Waals surface area contributed by atoms with Crippen LogP contribution in [0.25, 0.3) is 228 Å². The molecule has 10 heteroatoms. The lowest BCUT2D eigenvalue weighted by Crippen LogP contribution is -2.08. The second-order valence-corrected chi connectivity index (χ2v) is 37.8. The number of hydrogen-bond acceptors (Lipinski definition) is 5. The lowest BCUT2D eigenvalue weighted by atomic mass is 9.96. The maximum absolute atomic E-state index is 2.37. The number of aromatic nitrogens is 5. The van der Waals surface area contributed by atoms with Gasteiger partial charge in [0, 0.05) is 144 Å². The fraction of sp³-hybridized carbons (Fsp3) is 0.218. The summed E-state index contributed by atoms with van der Waals surface area (Å²) in [7, 11) is 31.4. The Labute approximate surface area is 846 Å². The molecule has 143 heavy (non-hydrogen) atoms. The maximum Gasteiger partial charge on any atom is 0.0574 e. The average Bonchev–Trinajstić information content (AvgIpc) is 1.58. The van der Waals surface area contributed by atoms with E-state index in [1.807, 2.05) is 27.7 Å². The number of nitrogens with zero attached hydrogens (tertiary/aromatic N) is 10. The van der Waals surface area contributed by atoms with Crippen molar-refractivity contribution < 1.29 is 0 Å². The molecular weight excluding hydrogens is 1740 g/mol. The molecule has 21 aromatic carbocycles. The van der Waals surface area contributed by atoms with Crippen molar-refractivity contribution >= 4 is 228 Å². The van der Waals surface area contributed by atoms with E-state index < -0.39 is 0 Å². The first-order valence-corrected chi connectivity index (χ1v) is 51.1. The summed E-state index contributed by atoms with van der Waals surface area (Å²) < 4.78 is 11.7. The quantitative estimate of drug-likeness (QED) is 0.161. The summed E-state index contributed by atoms with van der Waals surface area (Å²) in [6.07, 6.45) is 0. The highest BCUT2D eigenvalue weighted by Gasteiger charge is 2.21. The highest BCUT2D eigenvalue weighted by molar-refractivity contribution is 6.35. The molecule has 0 radical (unpaired) electrons. The molecule has 0 amide bonds. The van der Waals surface area contributed by atoms with Crippen molar-refractivity contribution in [1.82, 2.24) is 47.3 Å². The molecule has 0 fully saturated rings. The van der Waals surface area contributed by atoms with E-state index in [2.05, 4.69) is 564 Å². The van der Waals surface area contributed by atoms with Crippen LogP contribution in [-0.4, -0.2) is 151 Å². The van der Waals surface area contributed by atoms with Crippen LogP contribution in [0.2, 0.25) is 0 Å². The summed E-state index contributed by atoms with van der Waals surface area (Å²) in [5.74, 6) is 0. The van der Waals surface area contributed by atoms with E-state index in [0.29, 0.717) is 0 Å². The van der Waals surface area contributed by atoms with E-state index in [-0.39, 0.29) is 0 Å². The van der Waals surface area contributed by atoms with E-state index in [9.17, 15) is 0 Å². The molecule has 5 aromatic heterocycles. The minimum absolute atomic E-state index is 1.14. The maximum atomic E-state index is 2.37. The number of para-hydroxylation sites is 2. The third kappa shape index (κ3) is 21.0. The van der Waals surface area contributed by atoms with Gasteiger partial charge in [0.1, 0.15) is 0 Å². The topological polar surface area (TPSA) is 40.9 Å². The molecule has 0 unspecified atom stereocenters. The van der Waals surface area contributed by atoms with Crippen LogP contribution in [0.5, 0.6) is 0 Å². The fourth-order valence-electron chi connectivity index (χ4n) is 19.6. The molecule has 10 nitrogen and oxygen atoms in total. The fourth-order valence-corrected chi connectivity index (χ4v) is 19.6. The highest BCUT2D eigenvalue weighted by Crippen LogP contribution is 2.46. The number of benzene rings is 21. The normalized spacial score (nSPS) is 11.3. The van der Waals surface area contributed by atoms with Crippen molar-refractivity contribution in [3.63, 3.8) is 0 Å². The van der Waals surface area contributed by atoms with E-state index in [1.54, 1.807) is 0 Å². The van der Waals surface area contributed by atoms with Crippen molar-refractivity contribution in [3.05, 3.63) is 376 Å². The van der Waals surface area contributed by atoms with E-state index in [4.69, 9.17) is 0 Å². The minimum Gasteiger partial charge on any atom is -0.344 e. The molecule has 0 spiro atoms. The Hall–Kier alpha value is -14.7. The predicted octanol–water partition coefficient (Wildman–Crippen LogP) is 34.2. The molecule has 0 saturated heterocycles. The third-order valence-corrected chi connectivity index (χ3v) is 28.0. The molecule has 0 N–H and O–H groups in total. The van der Waals surface area contributed by atoms with Gasteiger partial charge in [0.15, 0.2) is 0 Å². The van der Waals surface area contributed by atoms with Crippen LogP contribution >= 0.6 is 0 Å². The van der Waals surface area contributed by atoms with Crippen LogP contribution in [0.1, 0.15) is 62.3 Å². The molecule has 0 aliphatic rings. The summed E-state index contributed by atoms with van der Waals surface area (Å²) in [6.45, 7) is 24.3. The molecule has 26 aromatic rings. The van der Waals surface area contributed by atoms with Crippen molar-refractivity contribution in [2.45, 2.75) is 62.3 Å². The second kappa shape index (κ2) is 46.8. The summed E-state index contributed by atoms with van der Waals surface area (Å²) in [5.41, 5.74) is 13.1. The number of fused-ring (bicyclic) bond motifs is 37. The van der Waals surface area contributed by atoms with Crippen molar-refractivity contribution in [1.29, 1.82) is 0 Å². The van der Waals surface area contributed by atoms with Gasteiger partial charge >= 0.3 is 0 Å². The van der Waals surface area contributed by atoms with Gasteiger partial charge in [-0.1, -0.05) is 390 Å². The summed E-state index contributed by atoms with van der Waals surface area (Å²) in [4.78, 5) is 10.6. The summed E-state index contributed by atoms with van der Waals surface area (Å²) in [6, 6.07) is 136. The molecule has 0 aliphatic carbocycles. The second-order valence-electron chi connectivity index (χ2n) is 37.8. The molecule has 0 bridgehead atoms. The Balaban J connectivity index is 0.000000126. The van der Waals surface area contributed by atoms with Gasteiger partial charge in [-0.3, -0.25) is 0 Å². The molecule has 26 rings (SSSR count). The Morgan fingerprint density at radius 3 is 0.776 bits per heavy atom. The van der Waals surface area contributed by atoms with Gasteiger partial charge in [-0.2, -0.15) is 0 Å². The van der Waals surface area contributed by atoms with Crippen LogP contribution in [0.15, 0.2) is 376 Å². The highest BCUT2D eigenvalue weighted by atomic mass is 15.1. The first-order chi connectivity index (χ1) is 69.6. The van der Waals surface area contributed by atoms with Gasteiger partial charge in [-0.05, 0) is 249 Å². The molecular formula is C133H144N10. The zero-order valence-corrected chi connectivity index (χ0v) is 88.8. The van der Waals surface area contributed by atoms with Gasteiger partial charge in [-0.25, -0.2) is 0 Å². The van der Waals surface area contributed by atoms with E-state index >= 15 is 0 Å². The lowest BCUT2D eigenvalue weighted by Gasteiger charge is -2.08. The molecule has 5 heterocycles. The first-order valence-electron chi connectivity index (χ1n) is 51.1. The Kier molecular flexibility index (Phi) is 33.6. The zero-order valence-electron chi connectivity index (χ0n) is 88.8. The van der Waals surface area contributed by atoms with Gasteiger partial charge in [-0.15, -0.1) is 0 Å². The van der Waals surface area contributed by atoms with Gasteiger partial charge in [0.25, 0.3) is 0 Å². The van der Waals surface area contributed by atoms with Crippen LogP contribution in [0, 0.1) is 0 Å². The van der Waals surface area contributed by atoms with E-state index in [1.165, 1.54) is 228 Å². The third-order valence-electron chi connectivity index (χ3n) is 28.0. The lowest BCUT2D eigenvalue weighted by molar-refractivity contribution is 0.434. The largest absolute Gasteiger partial charge is 0.344 e. The standard InChI is InChI=1S/C25H17N.4C21H15N.5C4H11N.2C2H6/c1-26-23-15-17-9-3-2-8-16(17)14-22(23)24-20-12-6-4-10-18(20)19-11-5-7-13-21(19)25(24)26;1-22-19-13-7-6-12-18(19)20-16-10-4-2-8-14(16)15-9-3-5-11-17(15)21(20)22;1-22-18-12-10-14-6-2-4-8-16(14)20(18)21-17-9-5-3-7-15(17)11-13-19(21)22;1-22-20-13-16-8-3-2-7-15(16)12-19(20)18-11-10-14-6-4-5-9-17(14)21(18)22;1-22-20-9-5-4-8-17(20)19-13-12-16-15-7-3-2-6-14(15)10-11-18(16)21(19)22;5*1-4-5(2)3;2*1-2/h2-15H,1H3;4*2-13H,1H3;5*4H2,1-3H3;2*1-2H3. The average molecular weight is 1880 g/mol. The monoisotopic (exact) mass is 1880 g/mol. The van der Waals surface area contributed by atoms with Gasteiger partial charge in [0.05, 0.1) is 22.1 Å². The van der Waals surface area contributed by atoms with E-state index in [0.717, 1.165) is 32.7 Å². The van der Waals surface area contributed by atoms with Crippen molar-refractivity contribution in [2.75, 3.05) is 103 Å². The molecule has 0 atom stereocenters. The molecule has 0 saturated carbocycles. The smallest absolute Gasteiger partial charge is 0.0574 e. The first kappa shape index (κ1) is 103. The Morgan fingerprint density at radius 1 is 0.147 bits per heavy atom. The van der Waals surface area contributed by atoms with Gasteiger partial charge < -0.3 is 47.3 Å². The van der Waals surface area contributed by atoms with Crippen molar-refractivity contribution in [3.8, 4) is 0 Å². The predicted molar refractivity (Wildman–Crippen MR) is 639 cm³/mol. The number of aryl methyl sites for hydroxylation is 5. The van der Waals surface area contributed by atoms with Crippen molar-refractivity contribution in [2.24, 2.45) is 35.2 Å². The molecule has 0 aliphatic heterocycles. The minimum atomic E-state index is 1.14. The Bertz CT molecular complexity index is 8800. The number of hydrogen-bond donors (Lipinski definition) is 0. The Morgan fingerprint density at radius 2 is 0.364 bits per heavy atom. The van der Waals surface area contributed by atoms with Gasteiger partial charge in [0.2, 0.25) is 0 Å². The molecule has 726 valence electrons. The van der Waals surface area contributed by atoms with Crippen LogP contribution in [-0.2, 0) is 35.2 Å².